The highest BCUT2D eigenvalue weighted by molar-refractivity contribution is 6.33. The highest BCUT2D eigenvalue weighted by Gasteiger charge is 2.27. The van der Waals surface area contributed by atoms with E-state index in [4.69, 9.17) is 21.1 Å². The first-order chi connectivity index (χ1) is 22.3. The molecule has 5 rings (SSSR count). The normalized spacial score (nSPS) is 17.5. The molecule has 0 aromatic heterocycles. The van der Waals surface area contributed by atoms with Gasteiger partial charge in [-0.05, 0) is 85.9 Å². The van der Waals surface area contributed by atoms with Crippen molar-refractivity contribution < 1.29 is 28.9 Å². The quantitative estimate of drug-likeness (QED) is 0.137. The molecule has 248 valence electrons. The molecule has 0 saturated carbocycles. The summed E-state index contributed by atoms with van der Waals surface area (Å²) in [6, 6.07) is 15.3. The van der Waals surface area contributed by atoms with Crippen LogP contribution in [0.1, 0.15) is 60.9 Å². The fraction of sp³-hybridized carbons (Fsp3) is 0.472. The number of piperidine rings is 1. The third-order valence-corrected chi connectivity index (χ3v) is 9.35. The van der Waals surface area contributed by atoms with E-state index in [1.165, 1.54) is 16.7 Å². The smallest absolute Gasteiger partial charge is 0.323 e. The van der Waals surface area contributed by atoms with Crippen LogP contribution in [0, 0.1) is 6.92 Å². The maximum absolute atomic E-state index is 13.4. The summed E-state index contributed by atoms with van der Waals surface area (Å²) in [7, 11) is 0. The van der Waals surface area contributed by atoms with Crippen molar-refractivity contribution in [3.8, 4) is 22.6 Å². The van der Waals surface area contributed by atoms with Crippen molar-refractivity contribution in [3.05, 3.63) is 75.8 Å². The van der Waals surface area contributed by atoms with Crippen LogP contribution in [0.15, 0.2) is 48.5 Å². The molecule has 0 radical (unpaired) electrons. The van der Waals surface area contributed by atoms with Gasteiger partial charge < -0.3 is 29.9 Å². The van der Waals surface area contributed by atoms with E-state index in [-0.39, 0.29) is 12.6 Å². The third kappa shape index (κ3) is 8.12. The third-order valence-electron chi connectivity index (χ3n) is 9.04. The second-order valence-corrected chi connectivity index (χ2v) is 12.5. The molecule has 0 spiro atoms. The maximum Gasteiger partial charge on any atom is 0.323 e. The highest BCUT2D eigenvalue weighted by atomic mass is 35.5. The van der Waals surface area contributed by atoms with Crippen molar-refractivity contribution in [3.63, 3.8) is 0 Å². The van der Waals surface area contributed by atoms with Gasteiger partial charge in [0.1, 0.15) is 23.7 Å². The molecule has 2 aliphatic rings. The van der Waals surface area contributed by atoms with E-state index in [0.717, 1.165) is 61.5 Å². The molecule has 4 N–H and O–H groups in total. The van der Waals surface area contributed by atoms with Crippen molar-refractivity contribution in [2.75, 3.05) is 44.8 Å². The zero-order valence-electron chi connectivity index (χ0n) is 26.7. The largest absolute Gasteiger partial charge is 0.493 e. The standard InChI is InChI=1S/C36H45ClFN3O5/c1-3-45-35-20-32(30(37)19-24(35)21-39-33(22-42)36(43)44)40-31-12-11-28-27(8-4-9-29(28)31)26-7-5-10-34(23(26)2)46-18-6-15-41-16-13-25(38)14-17-41/h4-5,7-10,19-20,25,31,33,39-40,42H,3,6,11-18,21-22H2,1-2H3,(H,43,44). The number of ether oxygens (including phenoxy) is 2. The Morgan fingerprint density at radius 1 is 1.09 bits per heavy atom. The molecule has 0 bridgehead atoms. The van der Waals surface area contributed by atoms with E-state index in [9.17, 15) is 19.4 Å². The van der Waals surface area contributed by atoms with Crippen LogP contribution in [-0.4, -0.2) is 72.8 Å². The number of fused-ring (bicyclic) bond motifs is 1. The lowest BCUT2D eigenvalue weighted by Crippen LogP contribution is -2.39. The van der Waals surface area contributed by atoms with E-state index >= 15 is 0 Å². The van der Waals surface area contributed by atoms with E-state index in [2.05, 4.69) is 52.8 Å². The molecule has 0 amide bonds. The molecule has 1 aliphatic carbocycles. The molecule has 2 unspecified atom stereocenters. The summed E-state index contributed by atoms with van der Waals surface area (Å²) in [4.78, 5) is 13.7. The van der Waals surface area contributed by atoms with Crippen LogP contribution < -0.4 is 20.1 Å². The predicted octanol–water partition coefficient (Wildman–Crippen LogP) is 6.55. The second kappa shape index (κ2) is 16.0. The van der Waals surface area contributed by atoms with Crippen molar-refractivity contribution in [2.24, 2.45) is 0 Å². The topological polar surface area (TPSA) is 103 Å². The Balaban J connectivity index is 1.28. The molecular formula is C36H45ClFN3O5. The van der Waals surface area contributed by atoms with Gasteiger partial charge in [-0.1, -0.05) is 41.9 Å². The van der Waals surface area contributed by atoms with Gasteiger partial charge >= 0.3 is 5.97 Å². The number of carboxylic acid groups (broad SMARTS) is 1. The number of rotatable bonds is 15. The van der Waals surface area contributed by atoms with Gasteiger partial charge in [-0.3, -0.25) is 10.1 Å². The Labute approximate surface area is 275 Å². The van der Waals surface area contributed by atoms with Crippen molar-refractivity contribution in [2.45, 2.75) is 70.8 Å². The molecule has 1 aliphatic heterocycles. The van der Waals surface area contributed by atoms with Gasteiger partial charge in [-0.25, -0.2) is 4.39 Å². The Hall–Kier alpha value is -3.37. The molecule has 46 heavy (non-hydrogen) atoms. The molecule has 1 heterocycles. The lowest BCUT2D eigenvalue weighted by atomic mass is 9.93. The molecule has 3 aromatic rings. The van der Waals surface area contributed by atoms with E-state index in [1.54, 1.807) is 6.07 Å². The number of halogens is 2. The number of hydrogen-bond acceptors (Lipinski definition) is 7. The van der Waals surface area contributed by atoms with Crippen LogP contribution in [0.5, 0.6) is 11.5 Å². The Bertz CT molecular complexity index is 1500. The van der Waals surface area contributed by atoms with Crippen LogP contribution in [0.2, 0.25) is 5.02 Å². The number of likely N-dealkylation sites (tertiary alicyclic amines) is 1. The summed E-state index contributed by atoms with van der Waals surface area (Å²) in [5.41, 5.74) is 7.48. The number of aliphatic hydroxyl groups is 1. The summed E-state index contributed by atoms with van der Waals surface area (Å²) in [5, 5.41) is 25.6. The summed E-state index contributed by atoms with van der Waals surface area (Å²) in [6.45, 7) is 7.32. The van der Waals surface area contributed by atoms with Gasteiger partial charge in [0.15, 0.2) is 0 Å². The number of aliphatic carboxylic acids is 1. The van der Waals surface area contributed by atoms with Gasteiger partial charge in [0.2, 0.25) is 0 Å². The zero-order valence-corrected chi connectivity index (χ0v) is 27.4. The number of hydrogen-bond donors (Lipinski definition) is 4. The monoisotopic (exact) mass is 653 g/mol. The zero-order chi connectivity index (χ0) is 32.6. The number of benzene rings is 3. The lowest BCUT2D eigenvalue weighted by molar-refractivity contribution is -0.140. The molecular weight excluding hydrogens is 609 g/mol. The number of alkyl halides is 1. The first-order valence-corrected chi connectivity index (χ1v) is 16.7. The van der Waals surface area contributed by atoms with Gasteiger partial charge in [-0.2, -0.15) is 0 Å². The fourth-order valence-electron chi connectivity index (χ4n) is 6.50. The predicted molar refractivity (Wildman–Crippen MR) is 180 cm³/mol. The summed E-state index contributed by atoms with van der Waals surface area (Å²) >= 11 is 6.74. The molecule has 1 saturated heterocycles. The van der Waals surface area contributed by atoms with Crippen molar-refractivity contribution in [1.29, 1.82) is 0 Å². The number of nitrogens with one attached hydrogen (secondary N) is 2. The van der Waals surface area contributed by atoms with Crippen molar-refractivity contribution in [1.82, 2.24) is 10.2 Å². The first-order valence-electron chi connectivity index (χ1n) is 16.3. The van der Waals surface area contributed by atoms with E-state index in [0.29, 0.717) is 42.4 Å². The summed E-state index contributed by atoms with van der Waals surface area (Å²) < 4.78 is 25.6. The Morgan fingerprint density at radius 2 is 1.85 bits per heavy atom. The van der Waals surface area contributed by atoms with Gasteiger partial charge in [0, 0.05) is 37.8 Å². The van der Waals surface area contributed by atoms with E-state index in [1.807, 2.05) is 19.1 Å². The molecule has 1 fully saturated rings. The van der Waals surface area contributed by atoms with Crippen LogP contribution in [0.4, 0.5) is 10.1 Å². The lowest BCUT2D eigenvalue weighted by Gasteiger charge is -2.28. The minimum atomic E-state index is -1.12. The average molecular weight is 654 g/mol. The SMILES string of the molecule is CCOc1cc(NC2CCc3c(-c4cccc(OCCCN5CCC(F)CC5)c4C)cccc32)c(Cl)cc1CNC(CO)C(=O)O. The van der Waals surface area contributed by atoms with Crippen LogP contribution in [0.25, 0.3) is 11.1 Å². The summed E-state index contributed by atoms with van der Waals surface area (Å²) in [6.07, 6.45) is 3.34. The minimum absolute atomic E-state index is 0.0545. The second-order valence-electron chi connectivity index (χ2n) is 12.1. The Kier molecular flexibility index (Phi) is 11.8. The van der Waals surface area contributed by atoms with E-state index < -0.39 is 24.8 Å². The maximum atomic E-state index is 13.4. The molecule has 10 heteroatoms. The Morgan fingerprint density at radius 3 is 2.59 bits per heavy atom. The summed E-state index contributed by atoms with van der Waals surface area (Å²) in [5.74, 6) is 0.373. The van der Waals surface area contributed by atoms with Crippen molar-refractivity contribution >= 4 is 23.3 Å². The number of nitrogens with zero attached hydrogens (tertiary/aromatic N) is 1. The molecule has 8 nitrogen and oxygen atoms in total. The number of aliphatic hydroxyl groups excluding tert-OH is 1. The number of carboxylic acids is 1. The van der Waals surface area contributed by atoms with Gasteiger partial charge in [-0.15, -0.1) is 0 Å². The van der Waals surface area contributed by atoms with Crippen LogP contribution >= 0.6 is 11.6 Å². The molecule has 3 aromatic carbocycles. The van der Waals surface area contributed by atoms with Gasteiger partial charge in [0.05, 0.1) is 36.6 Å². The minimum Gasteiger partial charge on any atom is -0.493 e. The average Bonchev–Trinajstić information content (AvgIpc) is 3.46. The first kappa shape index (κ1) is 34.0. The van der Waals surface area contributed by atoms with Gasteiger partial charge in [0.25, 0.3) is 0 Å². The van der Waals surface area contributed by atoms with Crippen LogP contribution in [0.3, 0.4) is 0 Å². The highest BCUT2D eigenvalue weighted by Crippen LogP contribution is 2.43. The fourth-order valence-corrected chi connectivity index (χ4v) is 6.74. The number of anilines is 1. The number of carbonyl (C=O) groups is 1. The van der Waals surface area contributed by atoms with Crippen LogP contribution in [-0.2, 0) is 17.8 Å². The molecule has 2 atom stereocenters.